The fourth-order valence-electron chi connectivity index (χ4n) is 5.90. The van der Waals surface area contributed by atoms with Crippen LogP contribution in [0.3, 0.4) is 0 Å². The maximum atomic E-state index is 16.8. The van der Waals surface area contributed by atoms with Crippen molar-refractivity contribution in [3.8, 4) is 11.5 Å². The summed E-state index contributed by atoms with van der Waals surface area (Å²) in [6, 6.07) is 3.62. The van der Waals surface area contributed by atoms with Gasteiger partial charge < -0.3 is 0 Å². The van der Waals surface area contributed by atoms with E-state index in [-0.39, 0.29) is 64.6 Å². The molecule has 0 unspecified atom stereocenters. The van der Waals surface area contributed by atoms with Crippen LogP contribution in [-0.4, -0.2) is 37.1 Å². The standard InChI is InChI=1S/2C13H13F2O4.2C5H5.Ti/c2*1-2-18-12(16)4-3-5-13(17)19-11-7-6-9(14)8-10(11)15;2*1-2-4-5-3-1;/h2*6-7H,2-5H2,1H3;2*1-3H,4H2;. The van der Waals surface area contributed by atoms with Crippen molar-refractivity contribution in [3.63, 3.8) is 0 Å². The molecular formula is C36H36F4O8Ti. The Morgan fingerprint density at radius 3 is 1.35 bits per heavy atom. The average Bonchev–Trinajstić information content (AvgIpc) is 3.79. The molecule has 2 aliphatic rings. The fraction of sp³-hybridized carbons (Fsp3) is 0.333. The Morgan fingerprint density at radius 1 is 0.612 bits per heavy atom. The summed E-state index contributed by atoms with van der Waals surface area (Å²) in [5, 5.41) is 0. The van der Waals surface area contributed by atoms with Crippen LogP contribution in [0.15, 0.2) is 68.5 Å². The van der Waals surface area contributed by atoms with E-state index in [1.54, 1.807) is 50.3 Å². The van der Waals surface area contributed by atoms with Gasteiger partial charge in [0.1, 0.15) is 0 Å². The SMILES string of the molecule is CCOC(=O)CCCC(=O)Oc1ccc(F)[c]([Ti]([C]2=CC=CC2)([C]2=CC=CC2)[c]2c(F)ccc(OC(=O)CCCC(=O)OCC)c2F)c1F. The van der Waals surface area contributed by atoms with Crippen molar-refractivity contribution < 1.29 is 72.3 Å². The second-order valence-electron chi connectivity index (χ2n) is 11.1. The summed E-state index contributed by atoms with van der Waals surface area (Å²) in [6.07, 6.45) is 9.47. The number of hydrogen-bond acceptors (Lipinski definition) is 8. The quantitative estimate of drug-likeness (QED) is 0.0861. The van der Waals surface area contributed by atoms with Crippen LogP contribution in [0.4, 0.5) is 17.6 Å². The molecule has 0 radical (unpaired) electrons. The van der Waals surface area contributed by atoms with Gasteiger partial charge in [0, 0.05) is 0 Å². The van der Waals surface area contributed by atoms with Crippen molar-refractivity contribution in [1.29, 1.82) is 0 Å². The first kappa shape index (κ1) is 37.5. The molecule has 13 heteroatoms. The van der Waals surface area contributed by atoms with E-state index in [9.17, 15) is 19.2 Å². The molecule has 2 aliphatic carbocycles. The van der Waals surface area contributed by atoms with Crippen molar-refractivity contribution in [2.24, 2.45) is 0 Å². The van der Waals surface area contributed by atoms with Crippen LogP contribution in [0, 0.1) is 23.3 Å². The van der Waals surface area contributed by atoms with Gasteiger partial charge in [0.25, 0.3) is 0 Å². The predicted molar refractivity (Wildman–Crippen MR) is 168 cm³/mol. The number of carbonyl (C=O) groups excluding carboxylic acids is 4. The molecular weight excluding hydrogens is 684 g/mol. The number of halogens is 4. The van der Waals surface area contributed by atoms with Crippen LogP contribution in [0.2, 0.25) is 0 Å². The van der Waals surface area contributed by atoms with Crippen LogP contribution in [0.5, 0.6) is 11.5 Å². The van der Waals surface area contributed by atoms with Crippen molar-refractivity contribution in [1.82, 2.24) is 0 Å². The van der Waals surface area contributed by atoms with E-state index in [2.05, 4.69) is 0 Å². The Balaban J connectivity index is 1.80. The molecule has 0 amide bonds. The molecule has 0 aliphatic heterocycles. The van der Waals surface area contributed by atoms with E-state index in [0.29, 0.717) is 7.76 Å². The summed E-state index contributed by atoms with van der Waals surface area (Å²) < 4.78 is 85.7. The Morgan fingerprint density at radius 2 is 1.00 bits per heavy atom. The molecule has 49 heavy (non-hydrogen) atoms. The summed E-state index contributed by atoms with van der Waals surface area (Å²) in [7, 11) is 0. The predicted octanol–water partition coefficient (Wildman–Crippen LogP) is 6.31. The molecule has 8 nitrogen and oxygen atoms in total. The number of esters is 4. The van der Waals surface area contributed by atoms with Crippen LogP contribution in [-0.2, 0) is 45.2 Å². The third-order valence-electron chi connectivity index (χ3n) is 7.95. The van der Waals surface area contributed by atoms with Crippen molar-refractivity contribution >= 4 is 31.6 Å². The number of allylic oxidation sites excluding steroid dienone is 8. The molecule has 2 aromatic rings. The first-order valence-corrected chi connectivity index (χ1v) is 19.1. The summed E-state index contributed by atoms with van der Waals surface area (Å²) >= 11 is -5.32. The normalized spacial score (nSPS) is 13.6. The number of benzene rings is 2. The Hall–Kier alpha value is -4.29. The minimum absolute atomic E-state index is 0.0525. The molecule has 2 aromatic carbocycles. The van der Waals surface area contributed by atoms with E-state index < -0.39 is 83.0 Å². The van der Waals surface area contributed by atoms with E-state index in [1.807, 2.05) is 0 Å². The van der Waals surface area contributed by atoms with Crippen molar-refractivity contribution in [2.45, 2.75) is 65.2 Å². The monoisotopic (exact) mass is 720 g/mol. The second-order valence-corrected chi connectivity index (χ2v) is 17.0. The van der Waals surface area contributed by atoms with Gasteiger partial charge in [0.05, 0.1) is 0 Å². The van der Waals surface area contributed by atoms with Gasteiger partial charge >= 0.3 is 286 Å². The van der Waals surface area contributed by atoms with Crippen LogP contribution in [0.1, 0.15) is 65.2 Å². The van der Waals surface area contributed by atoms with E-state index in [1.165, 1.54) is 0 Å². The molecule has 0 bridgehead atoms. The topological polar surface area (TPSA) is 105 Å². The van der Waals surface area contributed by atoms with Gasteiger partial charge in [-0.2, -0.15) is 0 Å². The zero-order valence-corrected chi connectivity index (χ0v) is 28.7. The summed E-state index contributed by atoms with van der Waals surface area (Å²) in [4.78, 5) is 48.7. The van der Waals surface area contributed by atoms with Crippen LogP contribution < -0.4 is 17.2 Å². The maximum absolute atomic E-state index is 16.8. The number of rotatable bonds is 16. The van der Waals surface area contributed by atoms with Gasteiger partial charge in [-0.3, -0.25) is 0 Å². The third kappa shape index (κ3) is 8.66. The van der Waals surface area contributed by atoms with Gasteiger partial charge in [0.2, 0.25) is 0 Å². The van der Waals surface area contributed by atoms with Gasteiger partial charge in [-0.25, -0.2) is 0 Å². The van der Waals surface area contributed by atoms with Gasteiger partial charge in [-0.15, -0.1) is 0 Å². The molecule has 0 spiro atoms. The average molecular weight is 721 g/mol. The zero-order valence-electron chi connectivity index (χ0n) is 27.1. The first-order chi connectivity index (χ1) is 23.5. The molecule has 0 atom stereocenters. The fourth-order valence-corrected chi connectivity index (χ4v) is 14.1. The number of carbonyl (C=O) groups is 4. The van der Waals surface area contributed by atoms with Crippen molar-refractivity contribution in [2.75, 3.05) is 13.2 Å². The Labute approximate surface area is 284 Å². The van der Waals surface area contributed by atoms with Crippen LogP contribution in [0.25, 0.3) is 0 Å². The van der Waals surface area contributed by atoms with Gasteiger partial charge in [-0.1, -0.05) is 0 Å². The molecule has 0 N–H and O–H groups in total. The zero-order chi connectivity index (χ0) is 35.6. The van der Waals surface area contributed by atoms with E-state index in [0.717, 1.165) is 24.3 Å². The van der Waals surface area contributed by atoms with Gasteiger partial charge in [0.15, 0.2) is 0 Å². The first-order valence-electron chi connectivity index (χ1n) is 16.0. The molecule has 0 saturated heterocycles. The summed E-state index contributed by atoms with van der Waals surface area (Å²) in [5.74, 6) is -8.91. The third-order valence-corrected chi connectivity index (χ3v) is 15.9. The molecule has 0 aromatic heterocycles. The molecule has 4 rings (SSSR count). The van der Waals surface area contributed by atoms with Gasteiger partial charge in [-0.05, 0) is 0 Å². The molecule has 0 fully saturated rings. The number of hydrogen-bond donors (Lipinski definition) is 0. The second kappa shape index (κ2) is 17.4. The van der Waals surface area contributed by atoms with Crippen molar-refractivity contribution in [3.05, 3.63) is 91.7 Å². The molecule has 260 valence electrons. The Kier molecular flexibility index (Phi) is 13.3. The summed E-state index contributed by atoms with van der Waals surface area (Å²) in [6.45, 7) is 3.61. The number of ether oxygens (including phenoxy) is 4. The van der Waals surface area contributed by atoms with E-state index in [4.69, 9.17) is 18.9 Å². The van der Waals surface area contributed by atoms with Crippen LogP contribution >= 0.6 is 0 Å². The van der Waals surface area contributed by atoms with E-state index >= 15 is 17.6 Å². The Bertz CT molecular complexity index is 1600. The molecule has 0 saturated carbocycles. The minimum atomic E-state index is -5.32. The summed E-state index contributed by atoms with van der Waals surface area (Å²) in [5.41, 5.74) is 0. The molecule has 0 heterocycles.